The number of ether oxygens (including phenoxy) is 3. The molecule has 6 nitrogen and oxygen atoms in total. The maximum absolute atomic E-state index is 12.0. The summed E-state index contributed by atoms with van der Waals surface area (Å²) in [6.45, 7) is 7.84. The standard InChI is InChI=1S/C32H35NO5/c1-5-35-31(34)32(3,4)38-28-18-16-27(17-19-28)36-21-20-29-23(2)37-30(33-29)26-13-9-12-25(22-26)15-14-24-10-7-6-8-11-24/h6-13,16-19,22H,5,14-15,20-21H2,1-4H3. The van der Waals surface area contributed by atoms with Crippen molar-refractivity contribution < 1.29 is 23.4 Å². The largest absolute Gasteiger partial charge is 0.493 e. The van der Waals surface area contributed by atoms with Crippen molar-refractivity contribution in [2.24, 2.45) is 0 Å². The fourth-order valence-electron chi connectivity index (χ4n) is 4.09. The van der Waals surface area contributed by atoms with E-state index in [9.17, 15) is 4.79 Å². The molecule has 0 spiro atoms. The molecule has 0 aliphatic rings. The third-order valence-corrected chi connectivity index (χ3v) is 6.18. The van der Waals surface area contributed by atoms with Crippen molar-refractivity contribution in [3.05, 3.63) is 101 Å². The van der Waals surface area contributed by atoms with E-state index in [0.29, 0.717) is 37.0 Å². The quantitative estimate of drug-likeness (QED) is 0.195. The first kappa shape index (κ1) is 27.0. The van der Waals surface area contributed by atoms with Crippen LogP contribution in [0.15, 0.2) is 83.3 Å². The van der Waals surface area contributed by atoms with Gasteiger partial charge in [-0.25, -0.2) is 9.78 Å². The summed E-state index contributed by atoms with van der Waals surface area (Å²) < 4.78 is 22.8. The van der Waals surface area contributed by atoms with Crippen LogP contribution >= 0.6 is 0 Å². The molecule has 0 unspecified atom stereocenters. The highest BCUT2D eigenvalue weighted by Crippen LogP contribution is 2.25. The number of hydrogen-bond acceptors (Lipinski definition) is 6. The third kappa shape index (κ3) is 7.25. The lowest BCUT2D eigenvalue weighted by Gasteiger charge is -2.24. The van der Waals surface area contributed by atoms with E-state index in [-0.39, 0.29) is 0 Å². The van der Waals surface area contributed by atoms with Crippen molar-refractivity contribution in [1.82, 2.24) is 4.98 Å². The van der Waals surface area contributed by atoms with Crippen molar-refractivity contribution in [3.8, 4) is 23.0 Å². The number of rotatable bonds is 12. The van der Waals surface area contributed by atoms with Crippen LogP contribution in [0.25, 0.3) is 11.5 Å². The molecule has 0 bridgehead atoms. The van der Waals surface area contributed by atoms with E-state index in [1.54, 1.807) is 32.9 Å². The van der Waals surface area contributed by atoms with Crippen molar-refractivity contribution >= 4 is 5.97 Å². The molecule has 0 aliphatic heterocycles. The van der Waals surface area contributed by atoms with Gasteiger partial charge < -0.3 is 18.6 Å². The molecule has 0 aliphatic carbocycles. The molecule has 1 aromatic heterocycles. The zero-order valence-electron chi connectivity index (χ0n) is 22.5. The normalized spacial score (nSPS) is 11.3. The SMILES string of the molecule is CCOC(=O)C(C)(C)Oc1ccc(OCCc2nc(-c3cccc(CCc4ccccc4)c3)oc2C)cc1. The summed E-state index contributed by atoms with van der Waals surface area (Å²) >= 11 is 0. The molecule has 0 fully saturated rings. The molecular formula is C32H35NO5. The maximum atomic E-state index is 12.0. The summed E-state index contributed by atoms with van der Waals surface area (Å²) in [5, 5.41) is 0. The zero-order chi connectivity index (χ0) is 27.0. The van der Waals surface area contributed by atoms with E-state index < -0.39 is 11.6 Å². The number of benzene rings is 3. The first-order valence-corrected chi connectivity index (χ1v) is 13.0. The van der Waals surface area contributed by atoms with Gasteiger partial charge in [-0.2, -0.15) is 0 Å². The Balaban J connectivity index is 1.31. The number of carbonyl (C=O) groups excluding carboxylic acids is 1. The zero-order valence-corrected chi connectivity index (χ0v) is 22.5. The Hall–Kier alpha value is -4.06. The van der Waals surface area contributed by atoms with E-state index in [1.807, 2.05) is 31.2 Å². The van der Waals surface area contributed by atoms with Gasteiger partial charge in [-0.3, -0.25) is 0 Å². The minimum absolute atomic E-state index is 0.312. The molecule has 3 aromatic carbocycles. The van der Waals surface area contributed by atoms with Gasteiger partial charge in [0.15, 0.2) is 5.60 Å². The topological polar surface area (TPSA) is 70.8 Å². The molecular weight excluding hydrogens is 478 g/mol. The van der Waals surface area contributed by atoms with E-state index in [0.717, 1.165) is 29.9 Å². The number of aryl methyl sites for hydroxylation is 3. The Morgan fingerprint density at radius 2 is 1.55 bits per heavy atom. The van der Waals surface area contributed by atoms with E-state index in [4.69, 9.17) is 23.6 Å². The van der Waals surface area contributed by atoms with Gasteiger partial charge in [-0.05, 0) is 88.1 Å². The number of hydrogen-bond donors (Lipinski definition) is 0. The van der Waals surface area contributed by atoms with Crippen LogP contribution in [0.2, 0.25) is 0 Å². The summed E-state index contributed by atoms with van der Waals surface area (Å²) in [7, 11) is 0. The summed E-state index contributed by atoms with van der Waals surface area (Å²) in [4.78, 5) is 16.8. The lowest BCUT2D eigenvalue weighted by Crippen LogP contribution is -2.39. The lowest BCUT2D eigenvalue weighted by atomic mass is 10.0. The molecule has 4 aromatic rings. The van der Waals surface area contributed by atoms with Gasteiger partial charge in [-0.1, -0.05) is 42.5 Å². The second kappa shape index (κ2) is 12.5. The van der Waals surface area contributed by atoms with Gasteiger partial charge in [0.05, 0.1) is 18.9 Å². The first-order valence-electron chi connectivity index (χ1n) is 13.0. The van der Waals surface area contributed by atoms with Crippen molar-refractivity contribution in [2.75, 3.05) is 13.2 Å². The van der Waals surface area contributed by atoms with Crippen LogP contribution in [-0.2, 0) is 28.8 Å². The Bertz CT molecular complexity index is 1330. The van der Waals surface area contributed by atoms with Crippen LogP contribution in [0.3, 0.4) is 0 Å². The first-order chi connectivity index (χ1) is 18.3. The van der Waals surface area contributed by atoms with E-state index >= 15 is 0 Å². The molecule has 0 saturated heterocycles. The average Bonchev–Trinajstić information content (AvgIpc) is 3.29. The number of nitrogens with zero attached hydrogens (tertiary/aromatic N) is 1. The fourth-order valence-corrected chi connectivity index (χ4v) is 4.09. The predicted octanol–water partition coefficient (Wildman–Crippen LogP) is 6.78. The van der Waals surface area contributed by atoms with Gasteiger partial charge in [0.25, 0.3) is 0 Å². The van der Waals surface area contributed by atoms with Gasteiger partial charge in [0, 0.05) is 12.0 Å². The predicted molar refractivity (Wildman–Crippen MR) is 148 cm³/mol. The molecule has 6 heteroatoms. The average molecular weight is 514 g/mol. The minimum Gasteiger partial charge on any atom is -0.493 e. The summed E-state index contributed by atoms with van der Waals surface area (Å²) in [5.74, 6) is 2.30. The molecule has 4 rings (SSSR count). The Morgan fingerprint density at radius 1 is 0.868 bits per heavy atom. The third-order valence-electron chi connectivity index (χ3n) is 6.18. The molecule has 1 heterocycles. The van der Waals surface area contributed by atoms with Crippen molar-refractivity contribution in [2.45, 2.75) is 52.6 Å². The Labute approximate surface area is 224 Å². The van der Waals surface area contributed by atoms with Crippen LogP contribution in [0.1, 0.15) is 43.4 Å². The summed E-state index contributed by atoms with van der Waals surface area (Å²) in [6.07, 6.45) is 2.58. The van der Waals surface area contributed by atoms with E-state index in [1.165, 1.54) is 11.1 Å². The molecule has 0 N–H and O–H groups in total. The van der Waals surface area contributed by atoms with Crippen LogP contribution in [0, 0.1) is 6.92 Å². The van der Waals surface area contributed by atoms with Crippen LogP contribution in [0.5, 0.6) is 11.5 Å². The maximum Gasteiger partial charge on any atom is 0.349 e. The van der Waals surface area contributed by atoms with E-state index in [2.05, 4.69) is 42.5 Å². The van der Waals surface area contributed by atoms with Gasteiger partial charge in [0.2, 0.25) is 5.89 Å². The number of carbonyl (C=O) groups is 1. The number of esters is 1. The molecule has 0 saturated carbocycles. The monoisotopic (exact) mass is 513 g/mol. The summed E-state index contributed by atoms with van der Waals surface area (Å²) in [5.41, 5.74) is 3.38. The van der Waals surface area contributed by atoms with Crippen LogP contribution in [0.4, 0.5) is 0 Å². The Morgan fingerprint density at radius 3 is 2.29 bits per heavy atom. The molecule has 198 valence electrons. The van der Waals surface area contributed by atoms with Gasteiger partial charge in [0.1, 0.15) is 17.3 Å². The van der Waals surface area contributed by atoms with Gasteiger partial charge in [-0.15, -0.1) is 0 Å². The molecule has 0 radical (unpaired) electrons. The van der Waals surface area contributed by atoms with Crippen molar-refractivity contribution in [1.29, 1.82) is 0 Å². The molecule has 0 atom stereocenters. The highest BCUT2D eigenvalue weighted by Gasteiger charge is 2.31. The second-order valence-corrected chi connectivity index (χ2v) is 9.61. The van der Waals surface area contributed by atoms with Crippen molar-refractivity contribution in [3.63, 3.8) is 0 Å². The lowest BCUT2D eigenvalue weighted by molar-refractivity contribution is -0.158. The minimum atomic E-state index is -1.07. The second-order valence-electron chi connectivity index (χ2n) is 9.61. The Kier molecular flexibility index (Phi) is 8.85. The number of aromatic nitrogens is 1. The fraction of sp³-hybridized carbons (Fsp3) is 0.312. The number of oxazole rings is 1. The smallest absolute Gasteiger partial charge is 0.349 e. The van der Waals surface area contributed by atoms with Gasteiger partial charge >= 0.3 is 5.97 Å². The molecule has 0 amide bonds. The highest BCUT2D eigenvalue weighted by molar-refractivity contribution is 5.79. The highest BCUT2D eigenvalue weighted by atomic mass is 16.6. The molecule has 38 heavy (non-hydrogen) atoms. The van der Waals surface area contributed by atoms with Crippen LogP contribution in [-0.4, -0.2) is 29.8 Å². The van der Waals surface area contributed by atoms with Crippen LogP contribution < -0.4 is 9.47 Å². The summed E-state index contributed by atoms with van der Waals surface area (Å²) in [6, 6.07) is 26.1.